The van der Waals surface area contributed by atoms with Crippen molar-refractivity contribution in [3.8, 4) is 0 Å². The Labute approximate surface area is 253 Å². The summed E-state index contributed by atoms with van der Waals surface area (Å²) in [6.07, 6.45) is -4.76. The second kappa shape index (κ2) is 13.8. The molecule has 3 rings (SSSR count). The number of carbonyl (C=O) groups is 2. The van der Waals surface area contributed by atoms with Crippen LogP contribution in [0.25, 0.3) is 0 Å². The molecule has 0 spiro atoms. The molecule has 0 saturated heterocycles. The van der Waals surface area contributed by atoms with Gasteiger partial charge in [0.15, 0.2) is 0 Å². The molecule has 0 bridgehead atoms. The minimum atomic E-state index is -4.76. The second-order valence-electron chi connectivity index (χ2n) is 9.96. The molecule has 3 aromatic rings. The molecule has 0 unspecified atom stereocenters. The monoisotopic (exact) mass is 643 g/mol. The lowest BCUT2D eigenvalue weighted by Gasteiger charge is -2.32. The molecule has 13 heteroatoms. The zero-order chi connectivity index (χ0) is 31.2. The van der Waals surface area contributed by atoms with Gasteiger partial charge in [0.1, 0.15) is 12.6 Å². The Kier molecular flexibility index (Phi) is 10.9. The quantitative estimate of drug-likeness (QED) is 0.262. The third-order valence-electron chi connectivity index (χ3n) is 6.26. The minimum Gasteiger partial charge on any atom is -0.354 e. The molecule has 42 heavy (non-hydrogen) atoms. The van der Waals surface area contributed by atoms with Crippen LogP contribution in [0.4, 0.5) is 18.9 Å². The lowest BCUT2D eigenvalue weighted by molar-refractivity contribution is -0.139. The van der Waals surface area contributed by atoms with Crippen LogP contribution in [0.5, 0.6) is 0 Å². The highest BCUT2D eigenvalue weighted by Crippen LogP contribution is 2.33. The number of anilines is 1. The van der Waals surface area contributed by atoms with Crippen molar-refractivity contribution in [1.82, 2.24) is 10.2 Å². The first-order valence-electron chi connectivity index (χ1n) is 12.9. The molecule has 0 radical (unpaired) electrons. The Morgan fingerprint density at radius 1 is 0.905 bits per heavy atom. The first-order valence-corrected chi connectivity index (χ1v) is 15.1. The zero-order valence-electron chi connectivity index (χ0n) is 23.0. The first kappa shape index (κ1) is 33.2. The van der Waals surface area contributed by atoms with E-state index >= 15 is 0 Å². The van der Waals surface area contributed by atoms with Gasteiger partial charge in [-0.25, -0.2) is 8.42 Å². The van der Waals surface area contributed by atoms with Gasteiger partial charge in [-0.2, -0.15) is 13.2 Å². The molecule has 0 aliphatic carbocycles. The molecular formula is C29H30Cl2F3N3O4S. The van der Waals surface area contributed by atoms with Crippen molar-refractivity contribution in [2.75, 3.05) is 17.4 Å². The van der Waals surface area contributed by atoms with Crippen molar-refractivity contribution < 1.29 is 31.2 Å². The van der Waals surface area contributed by atoms with Gasteiger partial charge in [-0.15, -0.1) is 0 Å². The van der Waals surface area contributed by atoms with Crippen molar-refractivity contribution in [3.05, 3.63) is 94.0 Å². The van der Waals surface area contributed by atoms with Crippen molar-refractivity contribution in [2.45, 2.75) is 44.4 Å². The summed E-state index contributed by atoms with van der Waals surface area (Å²) < 4.78 is 68.8. The van der Waals surface area contributed by atoms with E-state index in [1.165, 1.54) is 49.4 Å². The molecule has 0 saturated carbocycles. The average molecular weight is 645 g/mol. The highest BCUT2D eigenvalue weighted by molar-refractivity contribution is 7.92. The fraction of sp³-hybridized carbons (Fsp3) is 0.310. The van der Waals surface area contributed by atoms with Crippen LogP contribution < -0.4 is 9.62 Å². The van der Waals surface area contributed by atoms with E-state index in [0.717, 1.165) is 17.0 Å². The summed E-state index contributed by atoms with van der Waals surface area (Å²) in [6.45, 7) is 4.55. The number of nitrogens with zero attached hydrogens (tertiary/aromatic N) is 2. The largest absolute Gasteiger partial charge is 0.416 e. The van der Waals surface area contributed by atoms with Crippen LogP contribution in [0.1, 0.15) is 31.9 Å². The van der Waals surface area contributed by atoms with Gasteiger partial charge >= 0.3 is 6.18 Å². The standard InChI is InChI=1S/C29H30Cl2F3N3O4S/c1-19(2)16-35-28(39)20(3)36(17-21-12-13-25(30)26(31)14-21)27(38)18-37(42(40,41)24-10-5-4-6-11-24)23-9-7-8-22(15-23)29(32,33)34/h4-15,19-20H,16-18H2,1-3H3,(H,35,39)/t20-/m1/s1. The number of carbonyl (C=O) groups excluding carboxylic acids is 2. The Balaban J connectivity index is 2.07. The Hall–Kier alpha value is -3.28. The number of nitrogens with one attached hydrogen (secondary N) is 1. The van der Waals surface area contributed by atoms with E-state index in [4.69, 9.17) is 23.2 Å². The molecule has 2 amide bonds. The number of alkyl halides is 3. The molecule has 0 aromatic heterocycles. The van der Waals surface area contributed by atoms with Gasteiger partial charge in [0.25, 0.3) is 10.0 Å². The first-order chi connectivity index (χ1) is 19.6. The highest BCUT2D eigenvalue weighted by Gasteiger charge is 2.35. The number of amides is 2. The smallest absolute Gasteiger partial charge is 0.354 e. The van der Waals surface area contributed by atoms with Crippen LogP contribution in [0.15, 0.2) is 77.7 Å². The maximum Gasteiger partial charge on any atom is 0.416 e. The van der Waals surface area contributed by atoms with Crippen molar-refractivity contribution in [2.24, 2.45) is 5.92 Å². The lowest BCUT2D eigenvalue weighted by Crippen LogP contribution is -2.51. The van der Waals surface area contributed by atoms with Crippen LogP contribution in [0, 0.1) is 5.92 Å². The molecule has 7 nitrogen and oxygen atoms in total. The van der Waals surface area contributed by atoms with E-state index in [1.807, 2.05) is 13.8 Å². The lowest BCUT2D eigenvalue weighted by atomic mass is 10.1. The van der Waals surface area contributed by atoms with Crippen LogP contribution in [-0.2, 0) is 32.3 Å². The van der Waals surface area contributed by atoms with Gasteiger partial charge < -0.3 is 10.2 Å². The number of benzene rings is 3. The molecule has 0 aliphatic heterocycles. The summed E-state index contributed by atoms with van der Waals surface area (Å²) in [7, 11) is -4.52. The van der Waals surface area contributed by atoms with E-state index in [1.54, 1.807) is 12.1 Å². The highest BCUT2D eigenvalue weighted by atomic mass is 35.5. The van der Waals surface area contributed by atoms with Crippen molar-refractivity contribution in [1.29, 1.82) is 0 Å². The predicted octanol–water partition coefficient (Wildman–Crippen LogP) is 6.40. The van der Waals surface area contributed by atoms with E-state index in [-0.39, 0.29) is 33.1 Å². The molecular weight excluding hydrogens is 614 g/mol. The van der Waals surface area contributed by atoms with Crippen molar-refractivity contribution >= 4 is 50.7 Å². The van der Waals surface area contributed by atoms with Crippen LogP contribution in [0.3, 0.4) is 0 Å². The molecule has 0 heterocycles. The minimum absolute atomic E-state index is 0.118. The molecule has 0 fully saturated rings. The SMILES string of the molecule is CC(C)CNC(=O)[C@@H](C)N(Cc1ccc(Cl)c(Cl)c1)C(=O)CN(c1cccc(C(F)(F)F)c1)S(=O)(=O)c1ccccc1. The number of halogens is 5. The maximum absolute atomic E-state index is 13.9. The van der Waals surface area contributed by atoms with E-state index in [2.05, 4.69) is 5.32 Å². The van der Waals surface area contributed by atoms with Gasteiger partial charge in [-0.05, 0) is 60.9 Å². The Bertz CT molecular complexity index is 1520. The summed E-state index contributed by atoms with van der Waals surface area (Å²) in [5.41, 5.74) is -0.957. The molecule has 1 atom stereocenters. The van der Waals surface area contributed by atoms with Crippen LogP contribution >= 0.6 is 23.2 Å². The number of hydrogen-bond donors (Lipinski definition) is 1. The topological polar surface area (TPSA) is 86.8 Å². The van der Waals surface area contributed by atoms with Gasteiger partial charge in [0.2, 0.25) is 11.8 Å². The normalized spacial score (nSPS) is 12.6. The number of rotatable bonds is 11. The van der Waals surface area contributed by atoms with Gasteiger partial charge in [0, 0.05) is 13.1 Å². The summed E-state index contributed by atoms with van der Waals surface area (Å²) in [5, 5.41) is 3.23. The predicted molar refractivity (Wildman–Crippen MR) is 157 cm³/mol. The van der Waals surface area contributed by atoms with Gasteiger partial charge in [0.05, 0.1) is 26.2 Å². The summed E-state index contributed by atoms with van der Waals surface area (Å²) in [4.78, 5) is 27.8. The fourth-order valence-electron chi connectivity index (χ4n) is 3.96. The molecule has 0 aliphatic rings. The van der Waals surface area contributed by atoms with Crippen molar-refractivity contribution in [3.63, 3.8) is 0 Å². The van der Waals surface area contributed by atoms with Gasteiger partial charge in [-0.3, -0.25) is 13.9 Å². The summed E-state index contributed by atoms with van der Waals surface area (Å²) >= 11 is 12.2. The van der Waals surface area contributed by atoms with Crippen LogP contribution in [-0.4, -0.2) is 44.3 Å². The summed E-state index contributed by atoms with van der Waals surface area (Å²) in [5.74, 6) is -1.20. The van der Waals surface area contributed by atoms with Crippen LogP contribution in [0.2, 0.25) is 10.0 Å². The average Bonchev–Trinajstić information content (AvgIpc) is 2.94. The Morgan fingerprint density at radius 2 is 1.57 bits per heavy atom. The van der Waals surface area contributed by atoms with E-state index in [9.17, 15) is 31.2 Å². The maximum atomic E-state index is 13.9. The van der Waals surface area contributed by atoms with Gasteiger partial charge in [-0.1, -0.05) is 67.4 Å². The molecule has 3 aromatic carbocycles. The molecule has 226 valence electrons. The number of sulfonamides is 1. The molecule has 1 N–H and O–H groups in total. The fourth-order valence-corrected chi connectivity index (χ4v) is 5.70. The van der Waals surface area contributed by atoms with E-state index in [0.29, 0.717) is 22.5 Å². The third kappa shape index (κ3) is 8.39. The third-order valence-corrected chi connectivity index (χ3v) is 8.79. The zero-order valence-corrected chi connectivity index (χ0v) is 25.4. The Morgan fingerprint density at radius 3 is 2.17 bits per heavy atom. The summed E-state index contributed by atoms with van der Waals surface area (Å²) in [6, 6.07) is 14.3. The van der Waals surface area contributed by atoms with E-state index < -0.39 is 46.2 Å². The number of hydrogen-bond acceptors (Lipinski definition) is 4. The second-order valence-corrected chi connectivity index (χ2v) is 12.6.